The highest BCUT2D eigenvalue weighted by Gasteiger charge is 2.39. The minimum atomic E-state index is -0.583. The van der Waals surface area contributed by atoms with Gasteiger partial charge in [0.05, 0.1) is 29.2 Å². The van der Waals surface area contributed by atoms with E-state index >= 15 is 0 Å². The Morgan fingerprint density at radius 1 is 1.52 bits per heavy atom. The van der Waals surface area contributed by atoms with Gasteiger partial charge in [-0.1, -0.05) is 60.8 Å². The molecule has 5 atom stereocenters. The summed E-state index contributed by atoms with van der Waals surface area (Å²) >= 11 is 10.1. The van der Waals surface area contributed by atoms with Crippen molar-refractivity contribution in [2.75, 3.05) is 0 Å². The second-order valence-electron chi connectivity index (χ2n) is 4.98. The highest BCUT2D eigenvalue weighted by molar-refractivity contribution is 9.11. The second-order valence-corrected chi connectivity index (χ2v) is 7.51. The van der Waals surface area contributed by atoms with Gasteiger partial charge in [-0.25, -0.2) is 0 Å². The molecule has 2 N–H and O–H groups in total. The molecule has 0 bridgehead atoms. The lowest BCUT2D eigenvalue weighted by molar-refractivity contribution is -0.00263. The minimum absolute atomic E-state index is 0.166. The largest absolute Gasteiger partial charge is 0.392 e. The Balaban J connectivity index is 2.50. The lowest BCUT2D eigenvalue weighted by atomic mass is 10.0. The molecule has 0 unspecified atom stereocenters. The van der Waals surface area contributed by atoms with Crippen LogP contribution < -0.4 is 0 Å². The maximum atomic E-state index is 10.2. The van der Waals surface area contributed by atoms with E-state index in [9.17, 15) is 10.2 Å². The number of rotatable bonds is 7. The summed E-state index contributed by atoms with van der Waals surface area (Å²) in [5, 5.41) is 20.3. The number of hydrogen-bond donors (Lipinski definition) is 2. The van der Waals surface area contributed by atoms with Crippen LogP contribution in [0.1, 0.15) is 32.6 Å². The summed E-state index contributed by atoms with van der Waals surface area (Å²) in [6.07, 6.45) is 5.01. The Bertz CT molecular complexity index is 405. The number of ether oxygens (including phenoxy) is 1. The molecule has 0 saturated carbocycles. The minimum Gasteiger partial charge on any atom is -0.392 e. The fourth-order valence-corrected chi connectivity index (χ4v) is 3.31. The van der Waals surface area contributed by atoms with Crippen LogP contribution in [0.15, 0.2) is 27.4 Å². The van der Waals surface area contributed by atoms with E-state index in [-0.39, 0.29) is 10.9 Å². The van der Waals surface area contributed by atoms with Crippen LogP contribution in [0.2, 0.25) is 0 Å². The third-order valence-electron chi connectivity index (χ3n) is 3.38. The van der Waals surface area contributed by atoms with Crippen LogP contribution in [0.5, 0.6) is 0 Å². The van der Waals surface area contributed by atoms with E-state index in [0.717, 1.165) is 17.3 Å². The Labute approximate surface area is 151 Å². The standard InChI is InChI=1S/C15H21Br3O3/c1-2-10(17)5-3-7-12(19)14(18)15-13(20)9-11(21-15)6-4-8-16/h5-6,8,11-15,19-20H,2-3,7,9H2,1H3/b10-5+/t4?,11-,12-,13-,14-,15+/m0/s1. The van der Waals surface area contributed by atoms with Gasteiger partial charge in [-0.3, -0.25) is 0 Å². The number of aliphatic hydroxyl groups excluding tert-OH is 2. The summed E-state index contributed by atoms with van der Waals surface area (Å²) in [6, 6.07) is 0. The summed E-state index contributed by atoms with van der Waals surface area (Å²) in [5.74, 6) is 0. The summed E-state index contributed by atoms with van der Waals surface area (Å²) in [4.78, 5) is 1.33. The van der Waals surface area contributed by atoms with Crippen molar-refractivity contribution in [1.82, 2.24) is 0 Å². The van der Waals surface area contributed by atoms with E-state index in [1.165, 1.54) is 0 Å². The highest BCUT2D eigenvalue weighted by atomic mass is 79.9. The SMILES string of the molecule is CC/C(Br)=C\CC[C@H](O)[C@H](Br)[C@@H]1O[C@@H](C=C=CBr)C[C@@H]1O. The topological polar surface area (TPSA) is 49.7 Å². The summed E-state index contributed by atoms with van der Waals surface area (Å²) in [6.45, 7) is 2.07. The first-order valence-corrected chi connectivity index (χ1v) is 9.63. The third kappa shape index (κ3) is 6.69. The van der Waals surface area contributed by atoms with Crippen molar-refractivity contribution >= 4 is 47.8 Å². The normalized spacial score (nSPS) is 28.9. The van der Waals surface area contributed by atoms with Crippen LogP contribution in [0, 0.1) is 0 Å². The molecule has 21 heavy (non-hydrogen) atoms. The molecule has 120 valence electrons. The van der Waals surface area contributed by atoms with Gasteiger partial charge in [0.2, 0.25) is 0 Å². The van der Waals surface area contributed by atoms with Crippen molar-refractivity contribution in [3.05, 3.63) is 27.4 Å². The zero-order valence-corrected chi connectivity index (χ0v) is 16.6. The van der Waals surface area contributed by atoms with Crippen LogP contribution in [0.4, 0.5) is 0 Å². The van der Waals surface area contributed by atoms with E-state index in [0.29, 0.717) is 12.8 Å². The van der Waals surface area contributed by atoms with Gasteiger partial charge in [0.15, 0.2) is 0 Å². The van der Waals surface area contributed by atoms with E-state index < -0.39 is 18.3 Å². The summed E-state index contributed by atoms with van der Waals surface area (Å²) in [5.41, 5.74) is 2.89. The molecule has 0 spiro atoms. The van der Waals surface area contributed by atoms with Gasteiger partial charge >= 0.3 is 0 Å². The van der Waals surface area contributed by atoms with Crippen molar-refractivity contribution in [2.45, 2.75) is 61.9 Å². The number of hydrogen-bond acceptors (Lipinski definition) is 3. The van der Waals surface area contributed by atoms with Crippen molar-refractivity contribution in [2.24, 2.45) is 0 Å². The van der Waals surface area contributed by atoms with Crippen LogP contribution in [0.3, 0.4) is 0 Å². The van der Waals surface area contributed by atoms with Crippen LogP contribution in [0.25, 0.3) is 0 Å². The van der Waals surface area contributed by atoms with E-state index in [1.807, 2.05) is 0 Å². The predicted octanol–water partition coefficient (Wildman–Crippen LogP) is 4.16. The molecule has 1 aliphatic rings. The zero-order valence-electron chi connectivity index (χ0n) is 11.9. The molecular formula is C15H21Br3O3. The number of aliphatic hydroxyl groups is 2. The second kappa shape index (κ2) is 10.4. The Kier molecular flexibility index (Phi) is 9.69. The maximum Gasteiger partial charge on any atom is 0.0993 e. The van der Waals surface area contributed by atoms with Crippen molar-refractivity contribution in [3.63, 3.8) is 0 Å². The fraction of sp³-hybridized carbons (Fsp3) is 0.667. The van der Waals surface area contributed by atoms with Crippen LogP contribution in [-0.4, -0.2) is 39.5 Å². The monoisotopic (exact) mass is 486 g/mol. The maximum absolute atomic E-state index is 10.2. The van der Waals surface area contributed by atoms with Crippen molar-refractivity contribution in [1.29, 1.82) is 0 Å². The van der Waals surface area contributed by atoms with Crippen LogP contribution in [-0.2, 0) is 4.74 Å². The average Bonchev–Trinajstić information content (AvgIpc) is 2.84. The molecule has 0 aromatic rings. The summed E-state index contributed by atoms with van der Waals surface area (Å²) in [7, 11) is 0. The van der Waals surface area contributed by atoms with Gasteiger partial charge in [-0.2, -0.15) is 0 Å². The lowest BCUT2D eigenvalue weighted by Crippen LogP contribution is -2.38. The lowest BCUT2D eigenvalue weighted by Gasteiger charge is -2.24. The predicted molar refractivity (Wildman–Crippen MR) is 96.1 cm³/mol. The molecule has 6 heteroatoms. The number of alkyl halides is 1. The zero-order chi connectivity index (χ0) is 15.8. The molecule has 0 aromatic heterocycles. The molecule has 1 rings (SSSR count). The molecule has 1 fully saturated rings. The first-order valence-electron chi connectivity index (χ1n) is 7.01. The van der Waals surface area contributed by atoms with Crippen molar-refractivity contribution < 1.29 is 14.9 Å². The molecule has 1 aliphatic heterocycles. The van der Waals surface area contributed by atoms with E-state index in [1.54, 1.807) is 11.1 Å². The highest BCUT2D eigenvalue weighted by Crippen LogP contribution is 2.30. The van der Waals surface area contributed by atoms with Gasteiger partial charge in [0, 0.05) is 11.4 Å². The van der Waals surface area contributed by atoms with Gasteiger partial charge < -0.3 is 14.9 Å². The van der Waals surface area contributed by atoms with Gasteiger partial charge in [0.1, 0.15) is 0 Å². The Morgan fingerprint density at radius 3 is 2.86 bits per heavy atom. The molecule has 0 aliphatic carbocycles. The summed E-state index contributed by atoms with van der Waals surface area (Å²) < 4.78 is 6.91. The van der Waals surface area contributed by atoms with Gasteiger partial charge in [-0.05, 0) is 29.8 Å². The fourth-order valence-electron chi connectivity index (χ4n) is 2.19. The molecule has 1 saturated heterocycles. The van der Waals surface area contributed by atoms with E-state index in [4.69, 9.17) is 4.74 Å². The number of allylic oxidation sites excluding steroid dienone is 2. The van der Waals surface area contributed by atoms with Gasteiger partial charge in [-0.15, -0.1) is 5.73 Å². The van der Waals surface area contributed by atoms with Crippen LogP contribution >= 0.6 is 47.8 Å². The molecule has 3 nitrogen and oxygen atoms in total. The molecule has 1 heterocycles. The average molecular weight is 489 g/mol. The molecule has 0 aromatic carbocycles. The first kappa shape index (κ1) is 19.6. The third-order valence-corrected chi connectivity index (χ3v) is 5.66. The van der Waals surface area contributed by atoms with Crippen molar-refractivity contribution in [3.8, 4) is 0 Å². The first-order chi connectivity index (χ1) is 9.99. The molecule has 0 radical (unpaired) electrons. The van der Waals surface area contributed by atoms with E-state index in [2.05, 4.69) is 66.5 Å². The quantitative estimate of drug-likeness (QED) is 0.418. The Hall–Kier alpha value is 0.580. The number of halogens is 3. The Morgan fingerprint density at radius 2 is 2.24 bits per heavy atom. The molecular weight excluding hydrogens is 468 g/mol. The smallest absolute Gasteiger partial charge is 0.0993 e. The molecule has 0 amide bonds. The van der Waals surface area contributed by atoms with Gasteiger partial charge in [0.25, 0.3) is 0 Å².